The van der Waals surface area contributed by atoms with E-state index in [9.17, 15) is 18.0 Å². The molecule has 0 aliphatic rings. The summed E-state index contributed by atoms with van der Waals surface area (Å²) >= 11 is 1.31. The maximum absolute atomic E-state index is 11.7. The standard InChI is InChI=1S/C12H14F3NO2S/c1-9-3-2-4-10(5-9)6-19-7-11(17)16-18-8-12(13,14)15/h2-5H,6-8H2,1H3,(H,16,17). The molecule has 0 aliphatic carbocycles. The largest absolute Gasteiger partial charge is 0.414 e. The lowest BCUT2D eigenvalue weighted by Crippen LogP contribution is -2.30. The number of carbonyl (C=O) groups is 1. The van der Waals surface area contributed by atoms with Crippen molar-refractivity contribution in [2.24, 2.45) is 0 Å². The van der Waals surface area contributed by atoms with E-state index in [1.54, 1.807) is 5.48 Å². The molecule has 19 heavy (non-hydrogen) atoms. The van der Waals surface area contributed by atoms with Gasteiger partial charge in [0.1, 0.15) is 0 Å². The van der Waals surface area contributed by atoms with Gasteiger partial charge in [-0.25, -0.2) is 5.48 Å². The fourth-order valence-corrected chi connectivity index (χ4v) is 2.05. The van der Waals surface area contributed by atoms with Gasteiger partial charge in [0.25, 0.3) is 5.91 Å². The minimum absolute atomic E-state index is 0.0474. The molecule has 1 rings (SSSR count). The summed E-state index contributed by atoms with van der Waals surface area (Å²) in [6, 6.07) is 7.80. The number of hydrogen-bond acceptors (Lipinski definition) is 3. The molecule has 0 radical (unpaired) electrons. The third kappa shape index (κ3) is 7.74. The molecule has 1 amide bonds. The van der Waals surface area contributed by atoms with E-state index in [-0.39, 0.29) is 5.75 Å². The van der Waals surface area contributed by atoms with E-state index in [1.165, 1.54) is 11.8 Å². The van der Waals surface area contributed by atoms with Crippen molar-refractivity contribution in [3.8, 4) is 0 Å². The third-order valence-electron chi connectivity index (χ3n) is 2.01. The Morgan fingerprint density at radius 3 is 2.79 bits per heavy atom. The summed E-state index contributed by atoms with van der Waals surface area (Å²) < 4.78 is 35.2. The van der Waals surface area contributed by atoms with Gasteiger partial charge in [-0.15, -0.1) is 11.8 Å². The van der Waals surface area contributed by atoms with Gasteiger partial charge in [-0.1, -0.05) is 29.8 Å². The number of hydrogen-bond donors (Lipinski definition) is 1. The van der Waals surface area contributed by atoms with E-state index in [4.69, 9.17) is 0 Å². The molecule has 0 atom stereocenters. The number of alkyl halides is 3. The number of amides is 1. The van der Waals surface area contributed by atoms with Crippen LogP contribution in [0.1, 0.15) is 11.1 Å². The number of carbonyl (C=O) groups excluding carboxylic acids is 1. The van der Waals surface area contributed by atoms with E-state index in [2.05, 4.69) is 4.84 Å². The van der Waals surface area contributed by atoms with Crippen LogP contribution in [-0.2, 0) is 15.4 Å². The minimum atomic E-state index is -4.44. The first kappa shape index (κ1) is 15.8. The van der Waals surface area contributed by atoms with Crippen LogP contribution in [-0.4, -0.2) is 24.4 Å². The van der Waals surface area contributed by atoms with Crippen molar-refractivity contribution >= 4 is 17.7 Å². The van der Waals surface area contributed by atoms with Crippen molar-refractivity contribution < 1.29 is 22.8 Å². The summed E-state index contributed by atoms with van der Waals surface area (Å²) in [5.74, 6) is 0.0853. The smallest absolute Gasteiger partial charge is 0.272 e. The quantitative estimate of drug-likeness (QED) is 0.820. The molecule has 0 spiro atoms. The van der Waals surface area contributed by atoms with Crippen LogP contribution < -0.4 is 5.48 Å². The van der Waals surface area contributed by atoms with Crippen molar-refractivity contribution in [3.05, 3.63) is 35.4 Å². The predicted molar refractivity (Wildman–Crippen MR) is 67.5 cm³/mol. The molecule has 1 aromatic carbocycles. The highest BCUT2D eigenvalue weighted by Crippen LogP contribution is 2.14. The normalized spacial score (nSPS) is 11.4. The fraction of sp³-hybridized carbons (Fsp3) is 0.417. The van der Waals surface area contributed by atoms with E-state index in [1.807, 2.05) is 31.2 Å². The topological polar surface area (TPSA) is 38.3 Å². The summed E-state index contributed by atoms with van der Waals surface area (Å²) in [7, 11) is 0. The van der Waals surface area contributed by atoms with Crippen LogP contribution in [0.25, 0.3) is 0 Å². The summed E-state index contributed by atoms with van der Waals surface area (Å²) in [5, 5.41) is 0. The molecule has 0 unspecified atom stereocenters. The molecule has 3 nitrogen and oxygen atoms in total. The molecule has 0 aromatic heterocycles. The lowest BCUT2D eigenvalue weighted by Gasteiger charge is -2.08. The average molecular weight is 293 g/mol. The maximum Gasteiger partial charge on any atom is 0.414 e. The second-order valence-electron chi connectivity index (χ2n) is 3.91. The van der Waals surface area contributed by atoms with E-state index >= 15 is 0 Å². The number of hydroxylamine groups is 1. The third-order valence-corrected chi connectivity index (χ3v) is 3.01. The molecule has 0 bridgehead atoms. The summed E-state index contributed by atoms with van der Waals surface area (Å²) in [5.41, 5.74) is 3.94. The van der Waals surface area contributed by atoms with Gasteiger partial charge in [-0.05, 0) is 12.5 Å². The van der Waals surface area contributed by atoms with Crippen LogP contribution >= 0.6 is 11.8 Å². The molecule has 0 heterocycles. The number of halogens is 3. The molecular formula is C12H14F3NO2S. The highest BCUT2D eigenvalue weighted by atomic mass is 32.2. The van der Waals surface area contributed by atoms with Crippen molar-refractivity contribution in [1.29, 1.82) is 0 Å². The SMILES string of the molecule is Cc1cccc(CSCC(=O)NOCC(F)(F)F)c1. The molecule has 0 saturated carbocycles. The van der Waals surface area contributed by atoms with Crippen LogP contribution in [0.4, 0.5) is 13.2 Å². The highest BCUT2D eigenvalue weighted by Gasteiger charge is 2.28. The summed E-state index contributed by atoms with van der Waals surface area (Å²) in [4.78, 5) is 15.2. The predicted octanol–water partition coefficient (Wildman–Crippen LogP) is 2.84. The molecular weight excluding hydrogens is 279 g/mol. The maximum atomic E-state index is 11.7. The van der Waals surface area contributed by atoms with Gasteiger partial charge in [0.15, 0.2) is 6.61 Å². The first-order chi connectivity index (χ1) is 8.87. The zero-order chi connectivity index (χ0) is 14.3. The van der Waals surface area contributed by atoms with Crippen LogP contribution in [0.3, 0.4) is 0 Å². The lowest BCUT2D eigenvalue weighted by atomic mass is 10.2. The van der Waals surface area contributed by atoms with Gasteiger partial charge >= 0.3 is 6.18 Å². The average Bonchev–Trinajstić information content (AvgIpc) is 2.27. The molecule has 106 valence electrons. The molecule has 0 aliphatic heterocycles. The monoisotopic (exact) mass is 293 g/mol. The minimum Gasteiger partial charge on any atom is -0.272 e. The van der Waals surface area contributed by atoms with Crippen molar-refractivity contribution in [2.45, 2.75) is 18.9 Å². The second-order valence-corrected chi connectivity index (χ2v) is 4.90. The number of thioether (sulfide) groups is 1. The number of rotatable bonds is 6. The zero-order valence-electron chi connectivity index (χ0n) is 10.3. The number of benzene rings is 1. The molecule has 7 heteroatoms. The Hall–Kier alpha value is -1.21. The Kier molecular flexibility index (Phi) is 6.17. The lowest BCUT2D eigenvalue weighted by molar-refractivity contribution is -0.191. The van der Waals surface area contributed by atoms with Crippen LogP contribution in [0.5, 0.6) is 0 Å². The molecule has 1 aromatic rings. The van der Waals surface area contributed by atoms with E-state index in [0.29, 0.717) is 5.75 Å². The molecule has 1 N–H and O–H groups in total. The van der Waals surface area contributed by atoms with Gasteiger partial charge in [0.2, 0.25) is 0 Å². The number of nitrogens with one attached hydrogen (secondary N) is 1. The Morgan fingerprint density at radius 1 is 1.42 bits per heavy atom. The number of aryl methyl sites for hydroxylation is 1. The van der Waals surface area contributed by atoms with Crippen molar-refractivity contribution in [2.75, 3.05) is 12.4 Å². The van der Waals surface area contributed by atoms with Crippen molar-refractivity contribution in [1.82, 2.24) is 5.48 Å². The van der Waals surface area contributed by atoms with E-state index in [0.717, 1.165) is 11.1 Å². The zero-order valence-corrected chi connectivity index (χ0v) is 11.1. The molecule has 0 fully saturated rings. The van der Waals surface area contributed by atoms with Gasteiger partial charge in [0.05, 0.1) is 5.75 Å². The first-order valence-electron chi connectivity index (χ1n) is 5.47. The Labute approximate surface area is 113 Å². The Balaban J connectivity index is 2.17. The second kappa shape index (κ2) is 7.40. The van der Waals surface area contributed by atoms with Crippen LogP contribution in [0.15, 0.2) is 24.3 Å². The van der Waals surface area contributed by atoms with Gasteiger partial charge in [-0.3, -0.25) is 9.63 Å². The fourth-order valence-electron chi connectivity index (χ4n) is 1.29. The van der Waals surface area contributed by atoms with E-state index < -0.39 is 18.7 Å². The van der Waals surface area contributed by atoms with Crippen LogP contribution in [0.2, 0.25) is 0 Å². The summed E-state index contributed by atoms with van der Waals surface area (Å²) in [6.07, 6.45) is -4.44. The first-order valence-corrected chi connectivity index (χ1v) is 6.63. The highest BCUT2D eigenvalue weighted by molar-refractivity contribution is 7.99. The Morgan fingerprint density at radius 2 is 2.16 bits per heavy atom. The van der Waals surface area contributed by atoms with Gasteiger partial charge < -0.3 is 0 Å². The summed E-state index contributed by atoms with van der Waals surface area (Å²) in [6.45, 7) is 0.479. The molecule has 0 saturated heterocycles. The van der Waals surface area contributed by atoms with Crippen LogP contribution in [0, 0.1) is 6.92 Å². The van der Waals surface area contributed by atoms with Gasteiger partial charge in [-0.2, -0.15) is 13.2 Å². The Bertz CT molecular complexity index is 424. The van der Waals surface area contributed by atoms with Gasteiger partial charge in [0, 0.05) is 5.75 Å². The van der Waals surface area contributed by atoms with Crippen molar-refractivity contribution in [3.63, 3.8) is 0 Å².